The van der Waals surface area contributed by atoms with Crippen LogP contribution in [0.15, 0.2) is 60.7 Å². The van der Waals surface area contributed by atoms with Gasteiger partial charge < -0.3 is 4.57 Å². The molecule has 0 aliphatic carbocycles. The van der Waals surface area contributed by atoms with Crippen molar-refractivity contribution in [2.24, 2.45) is 0 Å². The third-order valence-electron chi connectivity index (χ3n) is 6.08. The Morgan fingerprint density at radius 3 is 1.46 bits per heavy atom. The number of hydrogen-bond donors (Lipinski definition) is 0. The van der Waals surface area contributed by atoms with Gasteiger partial charge in [-0.2, -0.15) is 27.4 Å². The Kier molecular flexibility index (Phi) is 7.17. The van der Waals surface area contributed by atoms with Crippen molar-refractivity contribution < 1.29 is 23.4 Å². The van der Waals surface area contributed by atoms with Gasteiger partial charge in [-0.1, -0.05) is 101 Å². The third-order valence-corrected chi connectivity index (χ3v) is 15.4. The first-order valence-electron chi connectivity index (χ1n) is 9.62. The first-order valence-corrected chi connectivity index (χ1v) is 14.7. The van der Waals surface area contributed by atoms with Crippen molar-refractivity contribution in [1.82, 2.24) is 0 Å². The van der Waals surface area contributed by atoms with Crippen LogP contribution in [0.2, 0.25) is 13.1 Å². The molecule has 0 fully saturated rings. The van der Waals surface area contributed by atoms with Crippen LogP contribution in [0.5, 0.6) is 0 Å². The van der Waals surface area contributed by atoms with E-state index in [1.165, 1.54) is 27.4 Å². The van der Waals surface area contributed by atoms with E-state index in [1.807, 2.05) is 60.7 Å². The predicted octanol–water partition coefficient (Wildman–Crippen LogP) is 2.11. The van der Waals surface area contributed by atoms with E-state index < -0.39 is 15.2 Å². The maximum atomic E-state index is 14.6. The average Bonchev–Trinajstić information content (AvgIpc) is 2.86. The van der Waals surface area contributed by atoms with Crippen molar-refractivity contribution in [3.05, 3.63) is 82.9 Å². The molecule has 0 atom stereocenters. The van der Waals surface area contributed by atoms with Crippen LogP contribution in [0, 0.1) is 27.7 Å². The second kappa shape index (κ2) is 8.68. The van der Waals surface area contributed by atoms with Crippen molar-refractivity contribution >= 4 is 31.0 Å². The topological polar surface area (TPSA) is 17.1 Å². The van der Waals surface area contributed by atoms with Gasteiger partial charge in [0.15, 0.2) is 0 Å². The molecule has 0 unspecified atom stereocenters. The Hall–Kier alpha value is -1.17. The summed E-state index contributed by atoms with van der Waals surface area (Å²) in [6, 6.07) is 20.2. The van der Waals surface area contributed by atoms with Crippen LogP contribution in [0.4, 0.5) is 0 Å². The van der Waals surface area contributed by atoms with Crippen molar-refractivity contribution in [2.45, 2.75) is 40.8 Å². The van der Waals surface area contributed by atoms with Crippen molar-refractivity contribution in [3.63, 3.8) is 0 Å². The minimum absolute atomic E-state index is 0. The molecule has 0 bridgehead atoms. The van der Waals surface area contributed by atoms with E-state index in [0.29, 0.717) is 0 Å². The van der Waals surface area contributed by atoms with Gasteiger partial charge in [-0.05, 0) is 5.79 Å². The van der Waals surface area contributed by atoms with Gasteiger partial charge >= 0.3 is 18.9 Å². The van der Waals surface area contributed by atoms with Crippen molar-refractivity contribution in [2.75, 3.05) is 5.79 Å². The molecule has 28 heavy (non-hydrogen) atoms. The molecule has 0 saturated carbocycles. The SMILES string of the molecule is Cc1c(C)c(C)[c-]([Si](C)(C)CP(=O)(c2ccccc2)c2ccccc2)c1C.[Li+]. The molecule has 0 saturated heterocycles. The normalized spacial score (nSPS) is 11.9. The van der Waals surface area contributed by atoms with E-state index in [0.717, 1.165) is 16.4 Å². The van der Waals surface area contributed by atoms with Gasteiger partial charge in [0.25, 0.3) is 0 Å². The molecule has 142 valence electrons. The van der Waals surface area contributed by atoms with Gasteiger partial charge in [0.1, 0.15) is 7.14 Å². The van der Waals surface area contributed by atoms with Crippen LogP contribution in [-0.4, -0.2) is 13.9 Å². The molecule has 0 radical (unpaired) electrons. The predicted molar refractivity (Wildman–Crippen MR) is 123 cm³/mol. The largest absolute Gasteiger partial charge is 1.00 e. The molecule has 0 aliphatic heterocycles. The van der Waals surface area contributed by atoms with Gasteiger partial charge in [-0.3, -0.25) is 0 Å². The van der Waals surface area contributed by atoms with Crippen molar-refractivity contribution in [3.8, 4) is 0 Å². The van der Waals surface area contributed by atoms with Crippen LogP contribution in [0.25, 0.3) is 0 Å². The molecule has 0 heterocycles. The molecule has 3 aromatic carbocycles. The summed E-state index contributed by atoms with van der Waals surface area (Å²) in [6.07, 6.45) is 0. The van der Waals surface area contributed by atoms with Crippen LogP contribution in [0.1, 0.15) is 22.3 Å². The fourth-order valence-electron chi connectivity index (χ4n) is 4.54. The third kappa shape index (κ3) is 4.08. The molecule has 0 N–H and O–H groups in total. The maximum Gasteiger partial charge on any atom is 1.00 e. The van der Waals surface area contributed by atoms with Gasteiger partial charge in [-0.15, -0.1) is 0 Å². The summed E-state index contributed by atoms with van der Waals surface area (Å²) in [6.45, 7) is 13.7. The summed E-state index contributed by atoms with van der Waals surface area (Å²) in [5.41, 5.74) is 5.62. The van der Waals surface area contributed by atoms with E-state index in [9.17, 15) is 4.57 Å². The number of benzene rings is 2. The van der Waals surface area contributed by atoms with Crippen molar-refractivity contribution in [1.29, 1.82) is 0 Å². The summed E-state index contributed by atoms with van der Waals surface area (Å²) in [4.78, 5) is 0. The minimum Gasteiger partial charge on any atom is -0.314 e. The molecule has 0 amide bonds. The fraction of sp³-hybridized carbons (Fsp3) is 0.292. The fourth-order valence-corrected chi connectivity index (χ4v) is 15.1. The molecule has 0 spiro atoms. The van der Waals surface area contributed by atoms with Gasteiger partial charge in [-0.25, -0.2) is 0 Å². The van der Waals surface area contributed by atoms with Gasteiger partial charge in [0, 0.05) is 18.7 Å². The zero-order valence-corrected chi connectivity index (χ0v) is 20.2. The summed E-state index contributed by atoms with van der Waals surface area (Å²) >= 11 is 0. The second-order valence-corrected chi connectivity index (χ2v) is 16.4. The smallest absolute Gasteiger partial charge is 0.314 e. The van der Waals surface area contributed by atoms with Crippen LogP contribution >= 0.6 is 7.14 Å². The molecule has 1 nitrogen and oxygen atoms in total. The van der Waals surface area contributed by atoms with Crippen LogP contribution in [0.3, 0.4) is 0 Å². The summed E-state index contributed by atoms with van der Waals surface area (Å²) in [5.74, 6) is 0.763. The minimum atomic E-state index is -2.69. The number of hydrogen-bond acceptors (Lipinski definition) is 1. The quantitative estimate of drug-likeness (QED) is 0.364. The zero-order chi connectivity index (χ0) is 19.8. The number of rotatable bonds is 5. The molecule has 3 rings (SSSR count). The Labute approximate surface area is 183 Å². The summed E-state index contributed by atoms with van der Waals surface area (Å²) in [7, 11) is -4.64. The Morgan fingerprint density at radius 2 is 1.11 bits per heavy atom. The molecular formula is C24H30LiOPSi. The molecule has 0 aliphatic rings. The van der Waals surface area contributed by atoms with Crippen LogP contribution < -0.4 is 34.7 Å². The van der Waals surface area contributed by atoms with Gasteiger partial charge in [0.2, 0.25) is 0 Å². The monoisotopic (exact) mass is 400 g/mol. The molecular weight excluding hydrogens is 370 g/mol. The zero-order valence-electron chi connectivity index (χ0n) is 18.3. The van der Waals surface area contributed by atoms with E-state index in [4.69, 9.17) is 0 Å². The van der Waals surface area contributed by atoms with E-state index in [1.54, 1.807) is 0 Å². The average molecular weight is 401 g/mol. The van der Waals surface area contributed by atoms with Crippen LogP contribution in [-0.2, 0) is 4.57 Å². The Bertz CT molecular complexity index is 921. The molecule has 4 heteroatoms. The first kappa shape index (κ1) is 23.1. The van der Waals surface area contributed by atoms with Gasteiger partial charge in [0.05, 0.1) is 0 Å². The van der Waals surface area contributed by atoms with E-state index >= 15 is 0 Å². The maximum absolute atomic E-state index is 14.6. The molecule has 0 aromatic heterocycles. The Morgan fingerprint density at radius 1 is 0.750 bits per heavy atom. The standard InChI is InChI=1S/C24H30OPSi.Li/c1-18-19(2)21(4)24(20(18)3)27(5,6)17-26(25,22-13-9-7-10-14-22)23-15-11-8-12-16-23;/h7-16H,17H2,1-6H3;/q-1;+1. The Balaban J connectivity index is 0.00000280. The second-order valence-electron chi connectivity index (χ2n) is 8.33. The first-order chi connectivity index (χ1) is 12.7. The summed E-state index contributed by atoms with van der Waals surface area (Å²) < 4.78 is 14.6. The molecule has 3 aromatic rings. The van der Waals surface area contributed by atoms with E-state index in [-0.39, 0.29) is 18.9 Å². The summed E-state index contributed by atoms with van der Waals surface area (Å²) in [5, 5.41) is 3.46. The van der Waals surface area contributed by atoms with E-state index in [2.05, 4.69) is 40.8 Å².